The van der Waals surface area contributed by atoms with E-state index in [4.69, 9.17) is 10.4 Å². The summed E-state index contributed by atoms with van der Waals surface area (Å²) in [7, 11) is 0. The van der Waals surface area contributed by atoms with Crippen LogP contribution >= 0.6 is 0 Å². The number of carbonyl (C=O) groups excluding carboxylic acids is 1. The van der Waals surface area contributed by atoms with Crippen LogP contribution in [0, 0.1) is 17.2 Å². The molecule has 0 heterocycles. The Morgan fingerprint density at radius 2 is 1.96 bits per heavy atom. The van der Waals surface area contributed by atoms with Crippen LogP contribution in [-0.2, 0) is 16.0 Å². The lowest BCUT2D eigenvalue weighted by Crippen LogP contribution is -2.35. The number of carboxylic acids is 1. The van der Waals surface area contributed by atoms with Crippen molar-refractivity contribution in [1.29, 1.82) is 5.26 Å². The van der Waals surface area contributed by atoms with Gasteiger partial charge in [-0.3, -0.25) is 4.79 Å². The summed E-state index contributed by atoms with van der Waals surface area (Å²) in [5.74, 6) is -1.35. The molecule has 0 aliphatic heterocycles. The zero-order chi connectivity index (χ0) is 17.9. The van der Waals surface area contributed by atoms with Crippen molar-refractivity contribution in [3.05, 3.63) is 47.7 Å². The minimum Gasteiger partial charge on any atom is -0.480 e. The van der Waals surface area contributed by atoms with E-state index in [1.165, 1.54) is 6.20 Å². The molecule has 0 aliphatic rings. The van der Waals surface area contributed by atoms with Gasteiger partial charge >= 0.3 is 5.97 Å². The van der Waals surface area contributed by atoms with Gasteiger partial charge in [0, 0.05) is 12.7 Å². The van der Waals surface area contributed by atoms with Gasteiger partial charge in [0.25, 0.3) is 5.91 Å². The average molecular weight is 329 g/mol. The van der Waals surface area contributed by atoms with Gasteiger partial charge in [-0.2, -0.15) is 5.26 Å². The molecule has 0 radical (unpaired) electrons. The van der Waals surface area contributed by atoms with Crippen LogP contribution in [0.1, 0.15) is 25.8 Å². The van der Waals surface area contributed by atoms with Gasteiger partial charge in [-0.25, -0.2) is 4.79 Å². The van der Waals surface area contributed by atoms with E-state index in [9.17, 15) is 9.59 Å². The zero-order valence-corrected chi connectivity index (χ0v) is 14.0. The SMILES string of the molecule is CC(C)CC(N/C=C(/C#N)C(=O)NCCc1ccccc1)C(=O)O. The van der Waals surface area contributed by atoms with Crippen molar-refractivity contribution in [3.8, 4) is 6.07 Å². The second kappa shape index (κ2) is 10.1. The second-order valence-corrected chi connectivity index (χ2v) is 5.85. The van der Waals surface area contributed by atoms with Gasteiger partial charge in [0.05, 0.1) is 0 Å². The van der Waals surface area contributed by atoms with E-state index < -0.39 is 17.9 Å². The summed E-state index contributed by atoms with van der Waals surface area (Å²) in [5.41, 5.74) is 0.944. The Morgan fingerprint density at radius 3 is 2.50 bits per heavy atom. The van der Waals surface area contributed by atoms with E-state index in [0.29, 0.717) is 19.4 Å². The van der Waals surface area contributed by atoms with Crippen LogP contribution in [0.2, 0.25) is 0 Å². The first-order valence-electron chi connectivity index (χ1n) is 7.85. The lowest BCUT2D eigenvalue weighted by Gasteiger charge is -2.15. The molecule has 3 N–H and O–H groups in total. The molecule has 1 amide bonds. The molecule has 0 fully saturated rings. The van der Waals surface area contributed by atoms with Crippen LogP contribution in [0.25, 0.3) is 0 Å². The molecule has 0 saturated carbocycles. The maximum absolute atomic E-state index is 12.0. The molecular weight excluding hydrogens is 306 g/mol. The Kier molecular flexibility index (Phi) is 8.06. The highest BCUT2D eigenvalue weighted by molar-refractivity contribution is 5.97. The van der Waals surface area contributed by atoms with Gasteiger partial charge in [0.15, 0.2) is 0 Å². The Labute approximate surface area is 142 Å². The summed E-state index contributed by atoms with van der Waals surface area (Å²) in [5, 5.41) is 23.5. The van der Waals surface area contributed by atoms with E-state index >= 15 is 0 Å². The Morgan fingerprint density at radius 1 is 1.29 bits per heavy atom. The molecule has 128 valence electrons. The van der Waals surface area contributed by atoms with E-state index in [-0.39, 0.29) is 11.5 Å². The molecule has 24 heavy (non-hydrogen) atoms. The predicted molar refractivity (Wildman–Crippen MR) is 90.9 cm³/mol. The number of amides is 1. The number of aliphatic carboxylic acids is 1. The summed E-state index contributed by atoms with van der Waals surface area (Å²) < 4.78 is 0. The molecule has 0 aromatic heterocycles. The Balaban J connectivity index is 2.55. The van der Waals surface area contributed by atoms with Crippen molar-refractivity contribution in [2.75, 3.05) is 6.54 Å². The van der Waals surface area contributed by atoms with Crippen LogP contribution < -0.4 is 10.6 Å². The first-order valence-corrected chi connectivity index (χ1v) is 7.85. The van der Waals surface area contributed by atoms with Crippen molar-refractivity contribution in [1.82, 2.24) is 10.6 Å². The largest absolute Gasteiger partial charge is 0.480 e. The normalized spacial score (nSPS) is 12.3. The third kappa shape index (κ3) is 6.97. The lowest BCUT2D eigenvalue weighted by molar-refractivity contribution is -0.139. The molecule has 1 rings (SSSR count). The molecule has 1 atom stereocenters. The number of rotatable bonds is 9. The molecule has 6 nitrogen and oxygen atoms in total. The molecule has 1 aromatic rings. The highest BCUT2D eigenvalue weighted by Gasteiger charge is 2.18. The van der Waals surface area contributed by atoms with Gasteiger partial charge in [0.2, 0.25) is 0 Å². The quantitative estimate of drug-likeness (QED) is 0.474. The van der Waals surface area contributed by atoms with Crippen LogP contribution in [-0.4, -0.2) is 29.6 Å². The molecule has 6 heteroatoms. The van der Waals surface area contributed by atoms with Crippen molar-refractivity contribution < 1.29 is 14.7 Å². The van der Waals surface area contributed by atoms with Gasteiger partial charge < -0.3 is 15.7 Å². The fourth-order valence-corrected chi connectivity index (χ4v) is 2.10. The summed E-state index contributed by atoms with van der Waals surface area (Å²) in [6.45, 7) is 4.21. The number of hydrogen-bond donors (Lipinski definition) is 3. The number of carbonyl (C=O) groups is 2. The summed E-state index contributed by atoms with van der Waals surface area (Å²) in [4.78, 5) is 23.1. The summed E-state index contributed by atoms with van der Waals surface area (Å²) in [6.07, 6.45) is 2.24. The number of nitriles is 1. The van der Waals surface area contributed by atoms with Crippen molar-refractivity contribution in [2.24, 2.45) is 5.92 Å². The first kappa shape index (κ1) is 19.2. The van der Waals surface area contributed by atoms with E-state index in [2.05, 4.69) is 10.6 Å². The smallest absolute Gasteiger partial charge is 0.326 e. The molecular formula is C18H23N3O3. The fourth-order valence-electron chi connectivity index (χ4n) is 2.10. The molecule has 0 bridgehead atoms. The predicted octanol–water partition coefficient (Wildman–Crippen LogP) is 1.84. The third-order valence-corrected chi connectivity index (χ3v) is 3.34. The summed E-state index contributed by atoms with van der Waals surface area (Å²) in [6, 6.07) is 10.6. The standard InChI is InChI=1S/C18H23N3O3/c1-13(2)10-16(18(23)24)21-12-15(11-19)17(22)20-9-8-14-6-4-3-5-7-14/h3-7,12-13,16,21H,8-10H2,1-2H3,(H,20,22)(H,23,24)/b15-12-. The van der Waals surface area contributed by atoms with Gasteiger partial charge in [-0.05, 0) is 24.3 Å². The van der Waals surface area contributed by atoms with Crippen molar-refractivity contribution in [3.63, 3.8) is 0 Å². The lowest BCUT2D eigenvalue weighted by atomic mass is 10.0. The minimum absolute atomic E-state index is 0.141. The fraction of sp³-hybridized carbons (Fsp3) is 0.389. The molecule has 0 aliphatic carbocycles. The number of carboxylic acid groups (broad SMARTS) is 1. The molecule has 1 aromatic carbocycles. The van der Waals surface area contributed by atoms with Crippen molar-refractivity contribution in [2.45, 2.75) is 32.7 Å². The minimum atomic E-state index is -1.01. The van der Waals surface area contributed by atoms with Gasteiger partial charge in [-0.15, -0.1) is 0 Å². The topological polar surface area (TPSA) is 102 Å². The van der Waals surface area contributed by atoms with Crippen LogP contribution in [0.5, 0.6) is 0 Å². The first-order chi connectivity index (χ1) is 11.4. The van der Waals surface area contributed by atoms with Crippen LogP contribution in [0.3, 0.4) is 0 Å². The number of benzene rings is 1. The molecule has 1 unspecified atom stereocenters. The Hall–Kier alpha value is -2.81. The van der Waals surface area contributed by atoms with Crippen LogP contribution in [0.4, 0.5) is 0 Å². The highest BCUT2D eigenvalue weighted by atomic mass is 16.4. The van der Waals surface area contributed by atoms with E-state index in [1.807, 2.05) is 44.2 Å². The number of hydrogen-bond acceptors (Lipinski definition) is 4. The number of nitrogens with zero attached hydrogens (tertiary/aromatic N) is 1. The third-order valence-electron chi connectivity index (χ3n) is 3.34. The molecule has 0 spiro atoms. The Bertz CT molecular complexity index is 618. The second-order valence-electron chi connectivity index (χ2n) is 5.85. The van der Waals surface area contributed by atoms with Gasteiger partial charge in [-0.1, -0.05) is 44.2 Å². The monoisotopic (exact) mass is 329 g/mol. The van der Waals surface area contributed by atoms with Crippen molar-refractivity contribution >= 4 is 11.9 Å². The van der Waals surface area contributed by atoms with Crippen LogP contribution in [0.15, 0.2) is 42.1 Å². The molecule has 0 saturated heterocycles. The van der Waals surface area contributed by atoms with E-state index in [1.54, 1.807) is 6.07 Å². The average Bonchev–Trinajstić information content (AvgIpc) is 2.54. The summed E-state index contributed by atoms with van der Waals surface area (Å²) >= 11 is 0. The number of nitrogens with one attached hydrogen (secondary N) is 2. The zero-order valence-electron chi connectivity index (χ0n) is 14.0. The maximum atomic E-state index is 12.0. The van der Waals surface area contributed by atoms with E-state index in [0.717, 1.165) is 5.56 Å². The maximum Gasteiger partial charge on any atom is 0.326 e. The highest BCUT2D eigenvalue weighted by Crippen LogP contribution is 2.05. The van der Waals surface area contributed by atoms with Gasteiger partial charge in [0.1, 0.15) is 17.7 Å².